The van der Waals surface area contributed by atoms with Crippen molar-refractivity contribution in [2.24, 2.45) is 5.10 Å². The summed E-state index contributed by atoms with van der Waals surface area (Å²) >= 11 is 1.27. The molecule has 0 radical (unpaired) electrons. The summed E-state index contributed by atoms with van der Waals surface area (Å²) in [5.41, 5.74) is 3.39. The van der Waals surface area contributed by atoms with Crippen LogP contribution in [0.1, 0.15) is 5.56 Å². The number of hydrogen-bond donors (Lipinski definition) is 1. The van der Waals surface area contributed by atoms with E-state index in [0.29, 0.717) is 5.16 Å². The standard InChI is InChI=1S/C13H12N4OS/c18-12(10-19-13-14-7-4-8-15-13)17-16-9-11-5-2-1-3-6-11/h1-9H,10H2,(H,17,18)/b16-9+. The van der Waals surface area contributed by atoms with Gasteiger partial charge in [0.25, 0.3) is 5.91 Å². The average Bonchev–Trinajstić information content (AvgIpc) is 2.47. The molecule has 1 N–H and O–H groups in total. The van der Waals surface area contributed by atoms with E-state index in [1.54, 1.807) is 24.7 Å². The Morgan fingerprint density at radius 2 is 1.95 bits per heavy atom. The Morgan fingerprint density at radius 3 is 2.68 bits per heavy atom. The number of nitrogens with one attached hydrogen (secondary N) is 1. The summed E-state index contributed by atoms with van der Waals surface area (Å²) < 4.78 is 0. The van der Waals surface area contributed by atoms with Crippen molar-refractivity contribution in [1.29, 1.82) is 0 Å². The molecule has 0 aliphatic heterocycles. The van der Waals surface area contributed by atoms with Gasteiger partial charge in [0.2, 0.25) is 0 Å². The summed E-state index contributed by atoms with van der Waals surface area (Å²) in [6.07, 6.45) is 4.88. The second kappa shape index (κ2) is 7.27. The topological polar surface area (TPSA) is 67.2 Å². The molecule has 0 aliphatic carbocycles. The molecule has 0 aliphatic rings. The second-order valence-electron chi connectivity index (χ2n) is 3.52. The molecule has 0 bridgehead atoms. The highest BCUT2D eigenvalue weighted by molar-refractivity contribution is 7.99. The van der Waals surface area contributed by atoms with Crippen LogP contribution in [0.4, 0.5) is 0 Å². The zero-order valence-corrected chi connectivity index (χ0v) is 10.9. The van der Waals surface area contributed by atoms with Crippen LogP contribution in [0.5, 0.6) is 0 Å². The number of carbonyl (C=O) groups is 1. The van der Waals surface area contributed by atoms with E-state index in [2.05, 4.69) is 20.5 Å². The number of benzene rings is 1. The maximum Gasteiger partial charge on any atom is 0.250 e. The number of hydrogen-bond acceptors (Lipinski definition) is 5. The fourth-order valence-corrected chi connectivity index (χ4v) is 1.84. The highest BCUT2D eigenvalue weighted by Gasteiger charge is 2.02. The van der Waals surface area contributed by atoms with Gasteiger partial charge in [-0.25, -0.2) is 15.4 Å². The Morgan fingerprint density at radius 1 is 1.21 bits per heavy atom. The first kappa shape index (κ1) is 13.2. The van der Waals surface area contributed by atoms with Gasteiger partial charge in [-0.05, 0) is 11.6 Å². The zero-order chi connectivity index (χ0) is 13.3. The fraction of sp³-hybridized carbons (Fsp3) is 0.0769. The number of hydrazone groups is 1. The summed E-state index contributed by atoms with van der Waals surface area (Å²) in [5.74, 6) is 0.0421. The molecule has 1 amide bonds. The van der Waals surface area contributed by atoms with Gasteiger partial charge in [-0.15, -0.1) is 0 Å². The van der Waals surface area contributed by atoms with E-state index in [4.69, 9.17) is 0 Å². The van der Waals surface area contributed by atoms with Crippen molar-refractivity contribution in [3.05, 3.63) is 54.4 Å². The van der Waals surface area contributed by atoms with Gasteiger partial charge in [0.05, 0.1) is 12.0 Å². The van der Waals surface area contributed by atoms with Gasteiger partial charge < -0.3 is 0 Å². The lowest BCUT2D eigenvalue weighted by Gasteiger charge is -1.98. The van der Waals surface area contributed by atoms with Crippen LogP contribution in [0.25, 0.3) is 0 Å². The number of rotatable bonds is 5. The average molecular weight is 272 g/mol. The van der Waals surface area contributed by atoms with Crippen LogP contribution in [0.3, 0.4) is 0 Å². The van der Waals surface area contributed by atoms with Crippen molar-refractivity contribution < 1.29 is 4.79 Å². The van der Waals surface area contributed by atoms with Gasteiger partial charge in [-0.1, -0.05) is 42.1 Å². The third kappa shape index (κ3) is 4.89. The van der Waals surface area contributed by atoms with Crippen molar-refractivity contribution in [2.75, 3.05) is 5.75 Å². The van der Waals surface area contributed by atoms with Crippen LogP contribution >= 0.6 is 11.8 Å². The molecule has 1 heterocycles. The SMILES string of the molecule is O=C(CSc1ncccn1)N/N=C/c1ccccc1. The molecule has 0 atom stereocenters. The number of aromatic nitrogens is 2. The molecular weight excluding hydrogens is 260 g/mol. The number of carbonyl (C=O) groups excluding carboxylic acids is 1. The van der Waals surface area contributed by atoms with Crippen LogP contribution < -0.4 is 5.43 Å². The lowest BCUT2D eigenvalue weighted by Crippen LogP contribution is -2.19. The Bertz CT molecular complexity index is 545. The van der Waals surface area contributed by atoms with E-state index in [9.17, 15) is 4.79 Å². The quantitative estimate of drug-likeness (QED) is 0.389. The van der Waals surface area contributed by atoms with Gasteiger partial charge in [0.15, 0.2) is 5.16 Å². The maximum absolute atomic E-state index is 11.5. The van der Waals surface area contributed by atoms with E-state index in [0.717, 1.165) is 5.56 Å². The summed E-state index contributed by atoms with van der Waals surface area (Å²) in [7, 11) is 0. The number of thioether (sulfide) groups is 1. The molecule has 1 aromatic heterocycles. The Balaban J connectivity index is 1.75. The molecule has 0 spiro atoms. The van der Waals surface area contributed by atoms with Gasteiger partial charge in [-0.2, -0.15) is 5.10 Å². The molecule has 2 rings (SSSR count). The first-order valence-electron chi connectivity index (χ1n) is 5.61. The van der Waals surface area contributed by atoms with Crippen molar-refractivity contribution in [3.63, 3.8) is 0 Å². The molecular formula is C13H12N4OS. The number of amides is 1. The summed E-state index contributed by atoms with van der Waals surface area (Å²) in [6, 6.07) is 11.3. The van der Waals surface area contributed by atoms with Crippen molar-refractivity contribution in [2.45, 2.75) is 5.16 Å². The minimum absolute atomic E-state index is 0.190. The smallest absolute Gasteiger partial charge is 0.250 e. The second-order valence-corrected chi connectivity index (χ2v) is 4.47. The lowest BCUT2D eigenvalue weighted by molar-refractivity contribution is -0.118. The fourth-order valence-electron chi connectivity index (χ4n) is 1.24. The van der Waals surface area contributed by atoms with E-state index >= 15 is 0 Å². The summed E-state index contributed by atoms with van der Waals surface area (Å²) in [6.45, 7) is 0. The van der Waals surface area contributed by atoms with Crippen molar-refractivity contribution in [1.82, 2.24) is 15.4 Å². The van der Waals surface area contributed by atoms with Crippen molar-refractivity contribution in [3.8, 4) is 0 Å². The van der Waals surface area contributed by atoms with E-state index in [1.165, 1.54) is 11.8 Å². The Labute approximate surface area is 115 Å². The third-order valence-corrected chi connectivity index (χ3v) is 2.95. The molecule has 0 saturated heterocycles. The molecule has 0 fully saturated rings. The zero-order valence-electron chi connectivity index (χ0n) is 10.1. The summed E-state index contributed by atoms with van der Waals surface area (Å²) in [5, 5.41) is 4.45. The molecule has 1 aromatic carbocycles. The van der Waals surface area contributed by atoms with Crippen molar-refractivity contribution >= 4 is 23.9 Å². The first-order chi connectivity index (χ1) is 9.34. The van der Waals surface area contributed by atoms with Gasteiger partial charge in [-0.3, -0.25) is 4.79 Å². The Hall–Kier alpha value is -2.21. The Kier molecular flexibility index (Phi) is 5.06. The minimum Gasteiger partial charge on any atom is -0.272 e. The molecule has 2 aromatic rings. The number of nitrogens with zero attached hydrogens (tertiary/aromatic N) is 3. The van der Waals surface area contributed by atoms with Crippen LogP contribution in [0.2, 0.25) is 0 Å². The molecule has 6 heteroatoms. The monoisotopic (exact) mass is 272 g/mol. The van der Waals surface area contributed by atoms with Crippen LogP contribution in [0, 0.1) is 0 Å². The summed E-state index contributed by atoms with van der Waals surface area (Å²) in [4.78, 5) is 19.5. The van der Waals surface area contributed by atoms with Gasteiger partial charge in [0, 0.05) is 12.4 Å². The maximum atomic E-state index is 11.5. The third-order valence-electron chi connectivity index (χ3n) is 2.08. The molecule has 5 nitrogen and oxygen atoms in total. The van der Waals surface area contributed by atoms with E-state index in [-0.39, 0.29) is 11.7 Å². The minimum atomic E-state index is -0.190. The predicted molar refractivity (Wildman–Crippen MR) is 74.9 cm³/mol. The molecule has 19 heavy (non-hydrogen) atoms. The van der Waals surface area contributed by atoms with Crippen LogP contribution in [-0.4, -0.2) is 27.8 Å². The van der Waals surface area contributed by atoms with Crippen LogP contribution in [-0.2, 0) is 4.79 Å². The van der Waals surface area contributed by atoms with Gasteiger partial charge >= 0.3 is 0 Å². The predicted octanol–water partition coefficient (Wildman–Crippen LogP) is 1.72. The van der Waals surface area contributed by atoms with E-state index < -0.39 is 0 Å². The van der Waals surface area contributed by atoms with Crippen LogP contribution in [0.15, 0.2) is 59.0 Å². The largest absolute Gasteiger partial charge is 0.272 e. The normalized spacial score (nSPS) is 10.5. The molecule has 0 unspecified atom stereocenters. The first-order valence-corrected chi connectivity index (χ1v) is 6.60. The molecule has 96 valence electrons. The highest BCUT2D eigenvalue weighted by Crippen LogP contribution is 2.09. The molecule has 0 saturated carbocycles. The van der Waals surface area contributed by atoms with E-state index in [1.807, 2.05) is 30.3 Å². The van der Waals surface area contributed by atoms with Gasteiger partial charge in [0.1, 0.15) is 0 Å². The highest BCUT2D eigenvalue weighted by atomic mass is 32.2. The lowest BCUT2D eigenvalue weighted by atomic mass is 10.2.